The highest BCUT2D eigenvalue weighted by molar-refractivity contribution is 5.03. The van der Waals surface area contributed by atoms with E-state index in [0.29, 0.717) is 5.54 Å². The summed E-state index contributed by atoms with van der Waals surface area (Å²) in [5.74, 6) is 0.768. The van der Waals surface area contributed by atoms with Crippen molar-refractivity contribution in [2.75, 3.05) is 13.1 Å². The second kappa shape index (κ2) is 5.92. The molecule has 2 unspecified atom stereocenters. The number of hydrogen-bond donors (Lipinski definition) is 1. The Morgan fingerprint density at radius 1 is 1.28 bits per heavy atom. The van der Waals surface area contributed by atoms with E-state index in [1.54, 1.807) is 0 Å². The molecule has 1 aliphatic carbocycles. The van der Waals surface area contributed by atoms with Gasteiger partial charge in [0.25, 0.3) is 0 Å². The molecule has 106 valence electrons. The smallest absolute Gasteiger partial charge is 0.0249 e. The summed E-state index contributed by atoms with van der Waals surface area (Å²) in [6, 6.07) is 1.48. The predicted molar refractivity (Wildman–Crippen MR) is 78.9 cm³/mol. The maximum atomic E-state index is 3.78. The summed E-state index contributed by atoms with van der Waals surface area (Å²) in [7, 11) is 0. The van der Waals surface area contributed by atoms with Crippen LogP contribution in [0.1, 0.15) is 66.2 Å². The van der Waals surface area contributed by atoms with E-state index in [0.717, 1.165) is 18.0 Å². The fourth-order valence-corrected chi connectivity index (χ4v) is 3.95. The van der Waals surface area contributed by atoms with Crippen LogP contribution in [0.25, 0.3) is 0 Å². The van der Waals surface area contributed by atoms with Crippen molar-refractivity contribution in [1.82, 2.24) is 10.2 Å². The average Bonchev–Trinajstić information content (AvgIpc) is 2.29. The molecule has 2 atom stereocenters. The van der Waals surface area contributed by atoms with Crippen LogP contribution in [0, 0.1) is 5.92 Å². The molecule has 0 amide bonds. The Morgan fingerprint density at radius 3 is 2.44 bits per heavy atom. The maximum absolute atomic E-state index is 3.78. The molecule has 1 aliphatic heterocycles. The fourth-order valence-electron chi connectivity index (χ4n) is 3.95. The minimum absolute atomic E-state index is 0.559. The molecule has 0 aromatic carbocycles. The number of nitrogens with zero attached hydrogens (tertiary/aromatic N) is 1. The zero-order chi connectivity index (χ0) is 13.2. The van der Waals surface area contributed by atoms with Gasteiger partial charge in [-0.1, -0.05) is 34.1 Å². The SMILES string of the molecule is CCCC1CN(C2(CC)CCC2)C(C(C)C)CN1. The number of nitrogens with one attached hydrogen (secondary N) is 1. The summed E-state index contributed by atoms with van der Waals surface area (Å²) in [6.07, 6.45) is 8.30. The van der Waals surface area contributed by atoms with Crippen LogP contribution >= 0.6 is 0 Å². The summed E-state index contributed by atoms with van der Waals surface area (Å²) >= 11 is 0. The minimum Gasteiger partial charge on any atom is -0.311 e. The van der Waals surface area contributed by atoms with Crippen molar-refractivity contribution in [2.45, 2.75) is 83.8 Å². The van der Waals surface area contributed by atoms with Crippen molar-refractivity contribution in [2.24, 2.45) is 5.92 Å². The number of piperazine rings is 1. The van der Waals surface area contributed by atoms with Crippen molar-refractivity contribution in [3.63, 3.8) is 0 Å². The second-order valence-electron chi connectivity index (χ2n) is 6.79. The number of hydrogen-bond acceptors (Lipinski definition) is 2. The van der Waals surface area contributed by atoms with E-state index in [-0.39, 0.29) is 0 Å². The molecule has 1 heterocycles. The van der Waals surface area contributed by atoms with Gasteiger partial charge in [0.2, 0.25) is 0 Å². The van der Waals surface area contributed by atoms with Crippen LogP contribution in [0.5, 0.6) is 0 Å². The molecule has 2 heteroatoms. The first-order valence-electron chi connectivity index (χ1n) is 8.13. The molecule has 0 radical (unpaired) electrons. The van der Waals surface area contributed by atoms with Gasteiger partial charge < -0.3 is 5.32 Å². The third kappa shape index (κ3) is 2.60. The van der Waals surface area contributed by atoms with Crippen LogP contribution < -0.4 is 5.32 Å². The van der Waals surface area contributed by atoms with E-state index in [9.17, 15) is 0 Å². The van der Waals surface area contributed by atoms with E-state index in [4.69, 9.17) is 0 Å². The largest absolute Gasteiger partial charge is 0.311 e. The van der Waals surface area contributed by atoms with Crippen molar-refractivity contribution in [3.05, 3.63) is 0 Å². The Bertz CT molecular complexity index is 252. The van der Waals surface area contributed by atoms with E-state index in [2.05, 4.69) is 37.9 Å². The van der Waals surface area contributed by atoms with Crippen LogP contribution in [0.15, 0.2) is 0 Å². The predicted octanol–water partition coefficient (Wildman–Crippen LogP) is 3.42. The first-order chi connectivity index (χ1) is 8.63. The first-order valence-corrected chi connectivity index (χ1v) is 8.13. The third-order valence-corrected chi connectivity index (χ3v) is 5.39. The Kier molecular flexibility index (Phi) is 4.71. The molecule has 0 bridgehead atoms. The van der Waals surface area contributed by atoms with E-state index < -0.39 is 0 Å². The Morgan fingerprint density at radius 2 is 2.00 bits per heavy atom. The highest BCUT2D eigenvalue weighted by atomic mass is 15.3. The highest BCUT2D eigenvalue weighted by Crippen LogP contribution is 2.43. The molecule has 1 N–H and O–H groups in total. The topological polar surface area (TPSA) is 15.3 Å². The van der Waals surface area contributed by atoms with Crippen molar-refractivity contribution in [3.8, 4) is 0 Å². The highest BCUT2D eigenvalue weighted by Gasteiger charge is 2.46. The Hall–Kier alpha value is -0.0800. The van der Waals surface area contributed by atoms with Gasteiger partial charge in [-0.15, -0.1) is 0 Å². The first kappa shape index (κ1) is 14.3. The summed E-state index contributed by atoms with van der Waals surface area (Å²) in [5.41, 5.74) is 0.559. The maximum Gasteiger partial charge on any atom is 0.0249 e. The van der Waals surface area contributed by atoms with Gasteiger partial charge in [-0.25, -0.2) is 0 Å². The Balaban J connectivity index is 2.09. The molecule has 18 heavy (non-hydrogen) atoms. The molecule has 0 aromatic rings. The molecular weight excluding hydrogens is 220 g/mol. The van der Waals surface area contributed by atoms with Crippen molar-refractivity contribution in [1.29, 1.82) is 0 Å². The lowest BCUT2D eigenvalue weighted by Gasteiger charge is -2.57. The summed E-state index contributed by atoms with van der Waals surface area (Å²) in [4.78, 5) is 2.90. The minimum atomic E-state index is 0.559. The summed E-state index contributed by atoms with van der Waals surface area (Å²) in [6.45, 7) is 12.0. The molecule has 1 saturated carbocycles. The Labute approximate surface area is 114 Å². The van der Waals surface area contributed by atoms with Gasteiger partial charge in [-0.3, -0.25) is 4.90 Å². The van der Waals surface area contributed by atoms with Gasteiger partial charge in [0.05, 0.1) is 0 Å². The lowest BCUT2D eigenvalue weighted by molar-refractivity contribution is -0.0573. The average molecular weight is 252 g/mol. The van der Waals surface area contributed by atoms with Gasteiger partial charge >= 0.3 is 0 Å². The quantitative estimate of drug-likeness (QED) is 0.806. The summed E-state index contributed by atoms with van der Waals surface area (Å²) < 4.78 is 0. The van der Waals surface area contributed by atoms with E-state index in [1.165, 1.54) is 51.6 Å². The van der Waals surface area contributed by atoms with Gasteiger partial charge in [0.15, 0.2) is 0 Å². The lowest BCUT2D eigenvalue weighted by Crippen LogP contribution is -2.67. The van der Waals surface area contributed by atoms with Gasteiger partial charge in [-0.05, 0) is 38.0 Å². The monoisotopic (exact) mass is 252 g/mol. The van der Waals surface area contributed by atoms with Gasteiger partial charge in [-0.2, -0.15) is 0 Å². The normalized spacial score (nSPS) is 32.5. The van der Waals surface area contributed by atoms with Gasteiger partial charge in [0.1, 0.15) is 0 Å². The van der Waals surface area contributed by atoms with E-state index >= 15 is 0 Å². The molecule has 2 nitrogen and oxygen atoms in total. The van der Waals surface area contributed by atoms with Gasteiger partial charge in [0, 0.05) is 30.7 Å². The molecule has 2 rings (SSSR count). The van der Waals surface area contributed by atoms with Crippen LogP contribution in [-0.4, -0.2) is 35.6 Å². The van der Waals surface area contributed by atoms with Crippen LogP contribution in [-0.2, 0) is 0 Å². The zero-order valence-electron chi connectivity index (χ0n) is 12.8. The zero-order valence-corrected chi connectivity index (χ0v) is 12.8. The fraction of sp³-hybridized carbons (Fsp3) is 1.00. The molecular formula is C16H32N2. The van der Waals surface area contributed by atoms with Crippen LogP contribution in [0.2, 0.25) is 0 Å². The molecule has 2 fully saturated rings. The van der Waals surface area contributed by atoms with E-state index in [1.807, 2.05) is 0 Å². The van der Waals surface area contributed by atoms with Crippen molar-refractivity contribution < 1.29 is 0 Å². The molecule has 0 aromatic heterocycles. The van der Waals surface area contributed by atoms with Crippen molar-refractivity contribution >= 4 is 0 Å². The molecule has 0 spiro atoms. The molecule has 1 saturated heterocycles. The van der Waals surface area contributed by atoms with Crippen LogP contribution in [0.4, 0.5) is 0 Å². The summed E-state index contributed by atoms with van der Waals surface area (Å²) in [5, 5.41) is 3.78. The lowest BCUT2D eigenvalue weighted by atomic mass is 9.71. The standard InChI is InChI=1S/C16H32N2/c1-5-8-14-12-18(15(11-17-14)13(3)4)16(6-2)9-7-10-16/h13-15,17H,5-12H2,1-4H3. The molecule has 2 aliphatic rings. The second-order valence-corrected chi connectivity index (χ2v) is 6.79. The third-order valence-electron chi connectivity index (χ3n) is 5.39. The number of rotatable bonds is 5. The van der Waals surface area contributed by atoms with Crippen LogP contribution in [0.3, 0.4) is 0 Å².